The SMILES string of the molecule is O=C(NC1CCN(C(=O)c2ccccc2F)CC1)C1CCCN1C(=O)c1ccccc1. The highest BCUT2D eigenvalue weighted by Crippen LogP contribution is 2.22. The Kier molecular flexibility index (Phi) is 6.30. The second kappa shape index (κ2) is 9.29. The molecule has 31 heavy (non-hydrogen) atoms. The summed E-state index contributed by atoms with van der Waals surface area (Å²) in [7, 11) is 0. The summed E-state index contributed by atoms with van der Waals surface area (Å²) < 4.78 is 13.9. The van der Waals surface area contributed by atoms with Crippen LogP contribution in [0.2, 0.25) is 0 Å². The third-order valence-corrected chi connectivity index (χ3v) is 6.07. The van der Waals surface area contributed by atoms with Crippen LogP contribution in [0.5, 0.6) is 0 Å². The Morgan fingerprint density at radius 1 is 0.839 bits per heavy atom. The van der Waals surface area contributed by atoms with E-state index in [1.807, 2.05) is 18.2 Å². The molecular weight excluding hydrogens is 397 g/mol. The lowest BCUT2D eigenvalue weighted by molar-refractivity contribution is -0.125. The summed E-state index contributed by atoms with van der Waals surface area (Å²) in [5, 5.41) is 3.06. The van der Waals surface area contributed by atoms with Gasteiger partial charge in [0.05, 0.1) is 5.56 Å². The van der Waals surface area contributed by atoms with Gasteiger partial charge >= 0.3 is 0 Å². The number of nitrogens with one attached hydrogen (secondary N) is 1. The third kappa shape index (κ3) is 4.60. The van der Waals surface area contributed by atoms with Gasteiger partial charge in [0.25, 0.3) is 11.8 Å². The van der Waals surface area contributed by atoms with Crippen LogP contribution in [0.3, 0.4) is 0 Å². The lowest BCUT2D eigenvalue weighted by Crippen LogP contribution is -2.52. The fraction of sp³-hybridized carbons (Fsp3) is 0.375. The summed E-state index contributed by atoms with van der Waals surface area (Å²) in [5.41, 5.74) is 0.660. The van der Waals surface area contributed by atoms with Gasteiger partial charge < -0.3 is 15.1 Å². The van der Waals surface area contributed by atoms with Crippen molar-refractivity contribution in [2.75, 3.05) is 19.6 Å². The van der Waals surface area contributed by atoms with Gasteiger partial charge in [-0.25, -0.2) is 4.39 Å². The Labute approximate surface area is 181 Å². The van der Waals surface area contributed by atoms with E-state index in [1.54, 1.807) is 34.1 Å². The number of hydrogen-bond acceptors (Lipinski definition) is 3. The predicted molar refractivity (Wildman–Crippen MR) is 114 cm³/mol. The second-order valence-electron chi connectivity index (χ2n) is 8.08. The Morgan fingerprint density at radius 3 is 2.23 bits per heavy atom. The summed E-state index contributed by atoms with van der Waals surface area (Å²) in [5.74, 6) is -1.10. The van der Waals surface area contributed by atoms with Crippen molar-refractivity contribution in [3.05, 3.63) is 71.5 Å². The topological polar surface area (TPSA) is 69.7 Å². The zero-order valence-electron chi connectivity index (χ0n) is 17.3. The van der Waals surface area contributed by atoms with E-state index in [4.69, 9.17) is 0 Å². The molecule has 0 saturated carbocycles. The number of carbonyl (C=O) groups excluding carboxylic acids is 3. The molecule has 2 aliphatic heterocycles. The Balaban J connectivity index is 1.32. The van der Waals surface area contributed by atoms with Gasteiger partial charge in [0.1, 0.15) is 11.9 Å². The fourth-order valence-corrected chi connectivity index (χ4v) is 4.36. The van der Waals surface area contributed by atoms with Crippen molar-refractivity contribution >= 4 is 17.7 Å². The van der Waals surface area contributed by atoms with Crippen LogP contribution >= 0.6 is 0 Å². The van der Waals surface area contributed by atoms with Crippen molar-refractivity contribution in [1.29, 1.82) is 0 Å². The number of hydrogen-bond donors (Lipinski definition) is 1. The van der Waals surface area contributed by atoms with Crippen LogP contribution in [0.25, 0.3) is 0 Å². The lowest BCUT2D eigenvalue weighted by atomic mass is 10.0. The normalized spacial score (nSPS) is 19.3. The minimum Gasteiger partial charge on any atom is -0.351 e. The van der Waals surface area contributed by atoms with Crippen LogP contribution in [0.1, 0.15) is 46.4 Å². The molecule has 0 radical (unpaired) electrons. The third-order valence-electron chi connectivity index (χ3n) is 6.07. The number of amides is 3. The fourth-order valence-electron chi connectivity index (χ4n) is 4.36. The smallest absolute Gasteiger partial charge is 0.256 e. The second-order valence-corrected chi connectivity index (χ2v) is 8.08. The Bertz CT molecular complexity index is 958. The van der Waals surface area contributed by atoms with E-state index in [0.717, 1.165) is 6.42 Å². The van der Waals surface area contributed by atoms with Gasteiger partial charge in [-0.15, -0.1) is 0 Å². The molecule has 6 nitrogen and oxygen atoms in total. The van der Waals surface area contributed by atoms with E-state index in [2.05, 4.69) is 5.32 Å². The quantitative estimate of drug-likeness (QED) is 0.822. The molecule has 3 amide bonds. The molecule has 1 atom stereocenters. The lowest BCUT2D eigenvalue weighted by Gasteiger charge is -2.33. The molecule has 2 aromatic carbocycles. The van der Waals surface area contributed by atoms with E-state index >= 15 is 0 Å². The van der Waals surface area contributed by atoms with Gasteiger partial charge in [0.2, 0.25) is 5.91 Å². The molecule has 1 N–H and O–H groups in total. The molecule has 0 aromatic heterocycles. The van der Waals surface area contributed by atoms with Gasteiger partial charge in [-0.1, -0.05) is 30.3 Å². The molecule has 162 valence electrons. The number of carbonyl (C=O) groups is 3. The zero-order chi connectivity index (χ0) is 21.8. The van der Waals surface area contributed by atoms with Crippen LogP contribution in [0, 0.1) is 5.82 Å². The molecule has 2 saturated heterocycles. The number of rotatable bonds is 4. The minimum atomic E-state index is -0.521. The minimum absolute atomic E-state index is 0.0635. The molecule has 0 bridgehead atoms. The van der Waals surface area contributed by atoms with Crippen molar-refractivity contribution in [1.82, 2.24) is 15.1 Å². The first kappa shape index (κ1) is 21.0. The summed E-state index contributed by atoms with van der Waals surface area (Å²) in [6.07, 6.45) is 2.65. The van der Waals surface area contributed by atoms with Crippen LogP contribution in [-0.2, 0) is 4.79 Å². The Morgan fingerprint density at radius 2 is 1.52 bits per heavy atom. The maximum absolute atomic E-state index is 13.9. The molecular formula is C24H26FN3O3. The highest BCUT2D eigenvalue weighted by Gasteiger charge is 2.36. The van der Waals surface area contributed by atoms with Crippen molar-refractivity contribution in [2.45, 2.75) is 37.8 Å². The van der Waals surface area contributed by atoms with Crippen LogP contribution in [0.4, 0.5) is 4.39 Å². The van der Waals surface area contributed by atoms with Crippen LogP contribution in [-0.4, -0.2) is 59.2 Å². The van der Waals surface area contributed by atoms with Gasteiger partial charge in [-0.3, -0.25) is 14.4 Å². The maximum atomic E-state index is 13.9. The van der Waals surface area contributed by atoms with Crippen LogP contribution in [0.15, 0.2) is 54.6 Å². The number of nitrogens with zero attached hydrogens (tertiary/aromatic N) is 2. The Hall–Kier alpha value is -3.22. The highest BCUT2D eigenvalue weighted by atomic mass is 19.1. The first-order valence-electron chi connectivity index (χ1n) is 10.7. The molecule has 0 spiro atoms. The molecule has 4 rings (SSSR count). The number of likely N-dealkylation sites (tertiary alicyclic amines) is 2. The summed E-state index contributed by atoms with van der Waals surface area (Å²) in [4.78, 5) is 41.6. The van der Waals surface area contributed by atoms with Crippen molar-refractivity contribution < 1.29 is 18.8 Å². The summed E-state index contributed by atoms with van der Waals surface area (Å²) in [6, 6.07) is 14.5. The van der Waals surface area contributed by atoms with Crippen molar-refractivity contribution in [3.63, 3.8) is 0 Å². The van der Waals surface area contributed by atoms with Gasteiger partial charge in [0.15, 0.2) is 0 Å². The number of piperidine rings is 1. The largest absolute Gasteiger partial charge is 0.351 e. The average Bonchev–Trinajstić information content (AvgIpc) is 3.30. The molecule has 1 unspecified atom stereocenters. The van der Waals surface area contributed by atoms with E-state index in [-0.39, 0.29) is 29.3 Å². The first-order chi connectivity index (χ1) is 15.0. The monoisotopic (exact) mass is 423 g/mol. The van der Waals surface area contributed by atoms with Crippen LogP contribution < -0.4 is 5.32 Å². The first-order valence-corrected chi connectivity index (χ1v) is 10.7. The molecule has 2 heterocycles. The summed E-state index contributed by atoms with van der Waals surface area (Å²) in [6.45, 7) is 1.48. The van der Waals surface area contributed by atoms with Gasteiger partial charge in [-0.2, -0.15) is 0 Å². The molecule has 2 aromatic rings. The number of benzene rings is 2. The van der Waals surface area contributed by atoms with Gasteiger partial charge in [0, 0.05) is 31.2 Å². The van der Waals surface area contributed by atoms with E-state index in [0.29, 0.717) is 44.5 Å². The van der Waals surface area contributed by atoms with E-state index < -0.39 is 11.9 Å². The van der Waals surface area contributed by atoms with Gasteiger partial charge in [-0.05, 0) is 49.9 Å². The summed E-state index contributed by atoms with van der Waals surface area (Å²) >= 11 is 0. The molecule has 2 fully saturated rings. The average molecular weight is 423 g/mol. The zero-order valence-corrected chi connectivity index (χ0v) is 17.3. The molecule has 7 heteroatoms. The van der Waals surface area contributed by atoms with E-state index in [9.17, 15) is 18.8 Å². The predicted octanol–water partition coefficient (Wildman–Crippen LogP) is 2.85. The highest BCUT2D eigenvalue weighted by molar-refractivity contribution is 5.98. The maximum Gasteiger partial charge on any atom is 0.256 e. The standard InChI is InChI=1S/C24H26FN3O3/c25-20-10-5-4-9-19(20)24(31)27-15-12-18(13-16-27)26-22(29)21-11-6-14-28(21)23(30)17-7-2-1-3-8-17/h1-5,7-10,18,21H,6,11-16H2,(H,26,29). The molecule has 0 aliphatic carbocycles. The van der Waals surface area contributed by atoms with Crippen molar-refractivity contribution in [3.8, 4) is 0 Å². The van der Waals surface area contributed by atoms with Crippen molar-refractivity contribution in [2.24, 2.45) is 0 Å². The van der Waals surface area contributed by atoms with E-state index in [1.165, 1.54) is 12.1 Å². The molecule has 2 aliphatic rings. The number of halogens is 1.